The van der Waals surface area contributed by atoms with Crippen LogP contribution in [0.15, 0.2) is 20.8 Å². The maximum absolute atomic E-state index is 11.4. The number of nitrogens with one attached hydrogen (secondary N) is 1. The van der Waals surface area contributed by atoms with Gasteiger partial charge in [-0.25, -0.2) is 4.79 Å². The molecule has 20 heavy (non-hydrogen) atoms. The zero-order chi connectivity index (χ0) is 14.3. The molecule has 9 heteroatoms. The Kier molecular flexibility index (Phi) is 3.65. The summed E-state index contributed by atoms with van der Waals surface area (Å²) < 4.78 is 2.91. The summed E-state index contributed by atoms with van der Waals surface area (Å²) in [5.74, 6) is 0.336. The third-order valence-corrected chi connectivity index (χ3v) is 6.58. The van der Waals surface area contributed by atoms with Crippen molar-refractivity contribution in [3.63, 3.8) is 0 Å². The van der Waals surface area contributed by atoms with E-state index in [9.17, 15) is 14.4 Å². The highest BCUT2D eigenvalue weighted by molar-refractivity contribution is 8.02. The number of hydrogen-bond acceptors (Lipinski definition) is 6. The highest BCUT2D eigenvalue weighted by Crippen LogP contribution is 2.37. The number of aromatic nitrogens is 1. The number of aromatic carboxylic acids is 1. The molecule has 1 aromatic rings. The number of carbonyl (C=O) groups is 2. The molecule has 106 valence electrons. The number of fused-ring (bicyclic) bond motifs is 1. The van der Waals surface area contributed by atoms with Crippen molar-refractivity contribution < 1.29 is 14.7 Å². The van der Waals surface area contributed by atoms with Crippen molar-refractivity contribution in [2.24, 2.45) is 0 Å². The molecule has 1 atom stereocenters. The lowest BCUT2D eigenvalue weighted by atomic mass is 10.2. The molecular weight excluding hydrogens is 320 g/mol. The molecule has 1 fully saturated rings. The van der Waals surface area contributed by atoms with E-state index >= 15 is 0 Å². The SMILES string of the molecule is O=C(O)c1c(SCC2=CN3C(=O)C[C@H]3SC2)s[nH]c1=O. The number of aromatic amines is 1. The van der Waals surface area contributed by atoms with Gasteiger partial charge in [-0.3, -0.25) is 14.0 Å². The predicted molar refractivity (Wildman–Crippen MR) is 78.4 cm³/mol. The van der Waals surface area contributed by atoms with Crippen molar-refractivity contribution in [1.29, 1.82) is 0 Å². The average Bonchev–Trinajstić information content (AvgIpc) is 2.77. The normalized spacial score (nSPS) is 21.2. The molecule has 1 aromatic heterocycles. The van der Waals surface area contributed by atoms with Crippen LogP contribution in [-0.4, -0.2) is 43.1 Å². The van der Waals surface area contributed by atoms with Crippen molar-refractivity contribution in [1.82, 2.24) is 9.27 Å². The molecule has 0 radical (unpaired) electrons. The van der Waals surface area contributed by atoms with Gasteiger partial charge in [0.25, 0.3) is 5.56 Å². The van der Waals surface area contributed by atoms with Gasteiger partial charge in [-0.2, -0.15) is 0 Å². The molecule has 0 aromatic carbocycles. The summed E-state index contributed by atoms with van der Waals surface area (Å²) in [7, 11) is 0. The fourth-order valence-electron chi connectivity index (χ4n) is 1.94. The minimum absolute atomic E-state index is 0.127. The van der Waals surface area contributed by atoms with Crippen LogP contribution in [-0.2, 0) is 4.79 Å². The Morgan fingerprint density at radius 1 is 1.55 bits per heavy atom. The summed E-state index contributed by atoms with van der Waals surface area (Å²) >= 11 is 4.07. The van der Waals surface area contributed by atoms with Crippen LogP contribution in [0.3, 0.4) is 0 Å². The van der Waals surface area contributed by atoms with Crippen LogP contribution < -0.4 is 5.56 Å². The number of amides is 1. The maximum Gasteiger partial charge on any atom is 0.343 e. The molecule has 0 spiro atoms. The molecule has 2 aliphatic rings. The van der Waals surface area contributed by atoms with Gasteiger partial charge in [0.15, 0.2) is 5.56 Å². The van der Waals surface area contributed by atoms with Gasteiger partial charge in [-0.1, -0.05) is 11.5 Å². The van der Waals surface area contributed by atoms with Gasteiger partial charge in [0, 0.05) is 17.7 Å². The van der Waals surface area contributed by atoms with Crippen molar-refractivity contribution in [2.45, 2.75) is 16.0 Å². The summed E-state index contributed by atoms with van der Waals surface area (Å²) in [5.41, 5.74) is 0.318. The first kappa shape index (κ1) is 13.8. The monoisotopic (exact) mass is 330 g/mol. The smallest absolute Gasteiger partial charge is 0.343 e. The van der Waals surface area contributed by atoms with Gasteiger partial charge in [0.05, 0.1) is 16.0 Å². The third-order valence-electron chi connectivity index (χ3n) is 3.00. The summed E-state index contributed by atoms with van der Waals surface area (Å²) in [6.45, 7) is 0. The minimum Gasteiger partial charge on any atom is -0.477 e. The van der Waals surface area contributed by atoms with Gasteiger partial charge in [0.1, 0.15) is 0 Å². The molecule has 2 aliphatic heterocycles. The summed E-state index contributed by atoms with van der Waals surface area (Å²) in [6, 6.07) is 0. The standard InChI is InChI=1S/C11H10N2O4S3/c14-6-1-7-13(6)2-5(3-18-7)4-19-11-8(10(16)17)9(15)12-20-11/h2,7H,1,3-4H2,(H,12,15)(H,16,17)/t7-/m1/s1. The number of rotatable bonds is 4. The van der Waals surface area contributed by atoms with E-state index in [4.69, 9.17) is 5.11 Å². The lowest BCUT2D eigenvalue weighted by Crippen LogP contribution is -2.49. The molecule has 1 saturated heterocycles. The lowest BCUT2D eigenvalue weighted by molar-refractivity contribution is -0.137. The number of β-lactam (4-membered cyclic amide) rings is 1. The van der Waals surface area contributed by atoms with Crippen LogP contribution in [0.4, 0.5) is 0 Å². The molecule has 3 rings (SSSR count). The van der Waals surface area contributed by atoms with E-state index in [1.165, 1.54) is 11.8 Å². The Morgan fingerprint density at radius 2 is 2.35 bits per heavy atom. The van der Waals surface area contributed by atoms with E-state index in [1.807, 2.05) is 6.20 Å². The molecule has 2 N–H and O–H groups in total. The van der Waals surface area contributed by atoms with Crippen LogP contribution in [0.5, 0.6) is 0 Å². The largest absolute Gasteiger partial charge is 0.477 e. The summed E-state index contributed by atoms with van der Waals surface area (Å²) in [5, 5.41) is 9.27. The van der Waals surface area contributed by atoms with Crippen molar-refractivity contribution >= 4 is 46.9 Å². The van der Waals surface area contributed by atoms with Gasteiger partial charge in [-0.05, 0) is 5.57 Å². The molecule has 0 saturated carbocycles. The summed E-state index contributed by atoms with van der Waals surface area (Å²) in [4.78, 5) is 35.5. The molecule has 0 bridgehead atoms. The predicted octanol–water partition coefficient (Wildman–Crippen LogP) is 1.42. The minimum atomic E-state index is -1.21. The van der Waals surface area contributed by atoms with E-state index in [0.717, 1.165) is 22.9 Å². The molecule has 0 unspecified atom stereocenters. The zero-order valence-electron chi connectivity index (χ0n) is 10.1. The number of carbonyl (C=O) groups excluding carboxylic acids is 1. The second-order valence-electron chi connectivity index (χ2n) is 4.35. The summed E-state index contributed by atoms with van der Waals surface area (Å²) in [6.07, 6.45) is 2.46. The Balaban J connectivity index is 1.70. The van der Waals surface area contributed by atoms with E-state index in [2.05, 4.69) is 4.37 Å². The van der Waals surface area contributed by atoms with Gasteiger partial charge < -0.3 is 10.0 Å². The second-order valence-corrected chi connectivity index (χ2v) is 7.57. The molecular formula is C11H10N2O4S3. The van der Waals surface area contributed by atoms with Crippen LogP contribution in [0, 0.1) is 0 Å². The quantitative estimate of drug-likeness (QED) is 0.641. The third kappa shape index (κ3) is 2.40. The van der Waals surface area contributed by atoms with Gasteiger partial charge in [0.2, 0.25) is 5.91 Å². The van der Waals surface area contributed by atoms with Crippen LogP contribution >= 0.6 is 35.1 Å². The number of nitrogens with zero attached hydrogens (tertiary/aromatic N) is 1. The Labute approximate surface area is 126 Å². The highest BCUT2D eigenvalue weighted by Gasteiger charge is 2.37. The second kappa shape index (κ2) is 5.30. The number of hydrogen-bond donors (Lipinski definition) is 2. The lowest BCUT2D eigenvalue weighted by Gasteiger charge is -2.41. The number of H-pyrrole nitrogens is 1. The van der Waals surface area contributed by atoms with E-state index < -0.39 is 11.5 Å². The fraction of sp³-hybridized carbons (Fsp3) is 0.364. The van der Waals surface area contributed by atoms with Crippen molar-refractivity contribution in [3.8, 4) is 0 Å². The average molecular weight is 330 g/mol. The van der Waals surface area contributed by atoms with Crippen molar-refractivity contribution in [2.75, 3.05) is 11.5 Å². The number of carboxylic acids is 1. The maximum atomic E-state index is 11.4. The fourth-order valence-corrected chi connectivity index (χ4v) is 5.18. The Hall–Kier alpha value is -1.19. The van der Waals surface area contributed by atoms with Crippen LogP contribution in [0.1, 0.15) is 16.8 Å². The van der Waals surface area contributed by atoms with Gasteiger partial charge >= 0.3 is 5.97 Å². The van der Waals surface area contributed by atoms with E-state index in [-0.39, 0.29) is 16.8 Å². The number of carboxylic acid groups (broad SMARTS) is 1. The number of thioether (sulfide) groups is 2. The van der Waals surface area contributed by atoms with Crippen molar-refractivity contribution in [3.05, 3.63) is 27.7 Å². The Morgan fingerprint density at radius 3 is 3.05 bits per heavy atom. The van der Waals surface area contributed by atoms with Crippen LogP contribution in [0.2, 0.25) is 0 Å². The first-order valence-corrected chi connectivity index (χ1v) is 8.61. The first-order chi connectivity index (χ1) is 9.56. The molecule has 0 aliphatic carbocycles. The molecule has 1 amide bonds. The van der Waals surface area contributed by atoms with E-state index in [0.29, 0.717) is 16.4 Å². The van der Waals surface area contributed by atoms with E-state index in [1.54, 1.807) is 16.7 Å². The zero-order valence-corrected chi connectivity index (χ0v) is 12.6. The van der Waals surface area contributed by atoms with Crippen LogP contribution in [0.25, 0.3) is 0 Å². The molecule has 6 nitrogen and oxygen atoms in total. The topological polar surface area (TPSA) is 90.5 Å². The highest BCUT2D eigenvalue weighted by atomic mass is 32.2. The Bertz CT molecular complexity index is 663. The molecule has 3 heterocycles. The first-order valence-electron chi connectivity index (χ1n) is 5.76. The van der Waals surface area contributed by atoms with Gasteiger partial charge in [-0.15, -0.1) is 23.5 Å².